The number of ether oxygens (including phenoxy) is 2. The number of hydrogen-bond donors (Lipinski definition) is 0. The van der Waals surface area contributed by atoms with Crippen molar-refractivity contribution < 1.29 is 14.3 Å². The molecule has 1 amide bonds. The molecular formula is C18H18N2O3S. The number of hydrogen-bond acceptors (Lipinski definition) is 4. The van der Waals surface area contributed by atoms with Crippen LogP contribution in [0.15, 0.2) is 53.5 Å². The Morgan fingerprint density at radius 3 is 2.67 bits per heavy atom. The summed E-state index contributed by atoms with van der Waals surface area (Å²) in [5.74, 6) is 0.209. The van der Waals surface area contributed by atoms with Crippen molar-refractivity contribution in [2.45, 2.75) is 6.54 Å². The first-order valence-corrected chi connectivity index (χ1v) is 8.35. The van der Waals surface area contributed by atoms with Crippen LogP contribution in [0.3, 0.4) is 0 Å². The molecule has 6 heteroatoms. The topological polar surface area (TPSA) is 52.8 Å². The van der Waals surface area contributed by atoms with E-state index in [0.29, 0.717) is 29.3 Å². The highest BCUT2D eigenvalue weighted by molar-refractivity contribution is 7.16. The molecule has 0 aliphatic rings. The number of benzene rings is 2. The van der Waals surface area contributed by atoms with Crippen LogP contribution in [0.25, 0.3) is 10.2 Å². The molecule has 1 heterocycles. The fourth-order valence-corrected chi connectivity index (χ4v) is 3.53. The molecule has 0 bridgehead atoms. The van der Waals surface area contributed by atoms with Gasteiger partial charge >= 0.3 is 0 Å². The summed E-state index contributed by atoms with van der Waals surface area (Å²) in [7, 11) is 3.20. The summed E-state index contributed by atoms with van der Waals surface area (Å²) in [6.45, 7) is 1.19. The Balaban J connectivity index is 2.10. The van der Waals surface area contributed by atoms with Gasteiger partial charge in [0.05, 0.1) is 29.5 Å². The number of carbonyl (C=O) groups excluding carboxylic acids is 1. The Hall–Kier alpha value is -2.44. The third-order valence-corrected chi connectivity index (χ3v) is 4.70. The number of rotatable bonds is 5. The fourth-order valence-electron chi connectivity index (χ4n) is 2.47. The Morgan fingerprint density at radius 1 is 1.12 bits per heavy atom. The molecule has 3 aromatic rings. The molecule has 24 heavy (non-hydrogen) atoms. The lowest BCUT2D eigenvalue weighted by Crippen LogP contribution is -2.19. The number of carbonyl (C=O) groups is 1. The summed E-state index contributed by atoms with van der Waals surface area (Å²) in [6.07, 6.45) is 0. The number of amides is 1. The van der Waals surface area contributed by atoms with Crippen molar-refractivity contribution >= 4 is 27.5 Å². The van der Waals surface area contributed by atoms with E-state index in [9.17, 15) is 4.79 Å². The molecule has 0 radical (unpaired) electrons. The van der Waals surface area contributed by atoms with Crippen molar-refractivity contribution in [1.82, 2.24) is 4.57 Å². The second-order valence-corrected chi connectivity index (χ2v) is 6.12. The zero-order valence-corrected chi connectivity index (χ0v) is 14.4. The molecule has 0 fully saturated rings. The highest BCUT2D eigenvalue weighted by Gasteiger charge is 2.12. The predicted molar refractivity (Wildman–Crippen MR) is 94.6 cm³/mol. The average molecular weight is 342 g/mol. The minimum Gasteiger partial charge on any atom is -0.496 e. The van der Waals surface area contributed by atoms with Crippen LogP contribution in [0.5, 0.6) is 5.75 Å². The first kappa shape index (κ1) is 16.4. The van der Waals surface area contributed by atoms with Crippen LogP contribution >= 0.6 is 11.3 Å². The maximum atomic E-state index is 12.6. The van der Waals surface area contributed by atoms with E-state index in [1.165, 1.54) is 11.3 Å². The normalized spacial score (nSPS) is 11.8. The largest absolute Gasteiger partial charge is 0.496 e. The lowest BCUT2D eigenvalue weighted by Gasteiger charge is -2.05. The molecule has 0 aliphatic carbocycles. The molecular weight excluding hydrogens is 324 g/mol. The van der Waals surface area contributed by atoms with Gasteiger partial charge in [-0.3, -0.25) is 4.79 Å². The van der Waals surface area contributed by atoms with Gasteiger partial charge in [-0.2, -0.15) is 4.99 Å². The van der Waals surface area contributed by atoms with Crippen LogP contribution in [-0.4, -0.2) is 31.3 Å². The van der Waals surface area contributed by atoms with E-state index in [1.54, 1.807) is 32.4 Å². The van der Waals surface area contributed by atoms with Gasteiger partial charge in [0, 0.05) is 13.7 Å². The Kier molecular flexibility index (Phi) is 5.08. The van der Waals surface area contributed by atoms with Gasteiger partial charge in [-0.25, -0.2) is 0 Å². The number of aromatic nitrogens is 1. The molecule has 2 aromatic carbocycles. The van der Waals surface area contributed by atoms with Crippen molar-refractivity contribution in [2.24, 2.45) is 4.99 Å². The van der Waals surface area contributed by atoms with Gasteiger partial charge in [0.15, 0.2) is 4.80 Å². The minimum atomic E-state index is -0.315. The summed E-state index contributed by atoms with van der Waals surface area (Å²) in [4.78, 5) is 17.6. The number of para-hydroxylation sites is 2. The summed E-state index contributed by atoms with van der Waals surface area (Å²) < 4.78 is 13.5. The van der Waals surface area contributed by atoms with E-state index in [1.807, 2.05) is 34.9 Å². The number of thiazole rings is 1. The quantitative estimate of drug-likeness (QED) is 0.716. The third kappa shape index (κ3) is 3.25. The highest BCUT2D eigenvalue weighted by Crippen LogP contribution is 2.19. The van der Waals surface area contributed by atoms with Crippen molar-refractivity contribution in [3.63, 3.8) is 0 Å². The lowest BCUT2D eigenvalue weighted by atomic mass is 10.2. The Labute approximate surface area is 143 Å². The van der Waals surface area contributed by atoms with E-state index in [0.717, 1.165) is 10.2 Å². The molecule has 1 aromatic heterocycles. The molecule has 0 spiro atoms. The van der Waals surface area contributed by atoms with E-state index in [-0.39, 0.29) is 5.91 Å². The third-order valence-electron chi connectivity index (χ3n) is 3.64. The summed E-state index contributed by atoms with van der Waals surface area (Å²) >= 11 is 1.49. The summed E-state index contributed by atoms with van der Waals surface area (Å²) in [6, 6.07) is 15.1. The second kappa shape index (κ2) is 7.42. The molecule has 0 atom stereocenters. The van der Waals surface area contributed by atoms with Crippen LogP contribution in [0, 0.1) is 0 Å². The van der Waals surface area contributed by atoms with E-state index >= 15 is 0 Å². The first-order chi connectivity index (χ1) is 11.7. The number of fused-ring (bicyclic) bond motifs is 1. The van der Waals surface area contributed by atoms with Gasteiger partial charge in [0.1, 0.15) is 5.75 Å². The zero-order valence-electron chi connectivity index (χ0n) is 13.6. The van der Waals surface area contributed by atoms with Crippen LogP contribution in [0.1, 0.15) is 10.4 Å². The van der Waals surface area contributed by atoms with Crippen molar-refractivity contribution in [2.75, 3.05) is 20.8 Å². The minimum absolute atomic E-state index is 0.315. The van der Waals surface area contributed by atoms with Crippen molar-refractivity contribution in [1.29, 1.82) is 0 Å². The molecule has 3 rings (SSSR count). The van der Waals surface area contributed by atoms with Gasteiger partial charge < -0.3 is 14.0 Å². The number of nitrogens with zero attached hydrogens (tertiary/aromatic N) is 2. The van der Waals surface area contributed by atoms with Crippen LogP contribution < -0.4 is 9.54 Å². The van der Waals surface area contributed by atoms with Crippen LogP contribution in [0.2, 0.25) is 0 Å². The Morgan fingerprint density at radius 2 is 1.88 bits per heavy atom. The van der Waals surface area contributed by atoms with Crippen LogP contribution in [0.4, 0.5) is 0 Å². The van der Waals surface area contributed by atoms with Gasteiger partial charge in [-0.05, 0) is 24.3 Å². The SMILES string of the molecule is COCCn1c(=NC(=O)c2ccccc2OC)sc2ccccc21. The molecule has 0 saturated heterocycles. The Bertz CT molecular complexity index is 927. The van der Waals surface area contributed by atoms with Gasteiger partial charge in [-0.1, -0.05) is 35.6 Å². The van der Waals surface area contributed by atoms with Crippen molar-refractivity contribution in [3.8, 4) is 5.75 Å². The van der Waals surface area contributed by atoms with E-state index in [2.05, 4.69) is 4.99 Å². The highest BCUT2D eigenvalue weighted by atomic mass is 32.1. The molecule has 124 valence electrons. The second-order valence-electron chi connectivity index (χ2n) is 5.11. The number of methoxy groups -OCH3 is 2. The molecule has 5 nitrogen and oxygen atoms in total. The summed E-state index contributed by atoms with van der Waals surface area (Å²) in [5.41, 5.74) is 1.50. The van der Waals surface area contributed by atoms with E-state index < -0.39 is 0 Å². The maximum Gasteiger partial charge on any atom is 0.283 e. The van der Waals surface area contributed by atoms with Gasteiger partial charge in [0.25, 0.3) is 5.91 Å². The molecule has 0 aliphatic heterocycles. The monoisotopic (exact) mass is 342 g/mol. The standard InChI is InChI=1S/C18H18N2O3S/c1-22-12-11-20-14-8-4-6-10-16(14)24-18(20)19-17(21)13-7-3-5-9-15(13)23-2/h3-10H,11-12H2,1-2H3. The molecule has 0 saturated carbocycles. The fraction of sp³-hybridized carbons (Fsp3) is 0.222. The molecule has 0 N–H and O–H groups in total. The van der Waals surface area contributed by atoms with Crippen LogP contribution in [-0.2, 0) is 11.3 Å². The zero-order chi connectivity index (χ0) is 16.9. The first-order valence-electron chi connectivity index (χ1n) is 7.54. The van der Waals surface area contributed by atoms with E-state index in [4.69, 9.17) is 9.47 Å². The average Bonchev–Trinajstić information content (AvgIpc) is 2.96. The maximum absolute atomic E-state index is 12.6. The van der Waals surface area contributed by atoms with Gasteiger partial charge in [0.2, 0.25) is 0 Å². The lowest BCUT2D eigenvalue weighted by molar-refractivity contribution is 0.0994. The van der Waals surface area contributed by atoms with Gasteiger partial charge in [-0.15, -0.1) is 0 Å². The smallest absolute Gasteiger partial charge is 0.283 e. The summed E-state index contributed by atoms with van der Waals surface area (Å²) in [5, 5.41) is 0. The van der Waals surface area contributed by atoms with Crippen molar-refractivity contribution in [3.05, 3.63) is 58.9 Å². The predicted octanol–water partition coefficient (Wildman–Crippen LogP) is 3.10. The molecule has 0 unspecified atom stereocenters.